The molecule has 1 aliphatic rings. The van der Waals surface area contributed by atoms with Gasteiger partial charge in [-0.15, -0.1) is 0 Å². The van der Waals surface area contributed by atoms with E-state index in [9.17, 15) is 9.59 Å². The zero-order valence-corrected chi connectivity index (χ0v) is 12.9. The van der Waals surface area contributed by atoms with Gasteiger partial charge in [0.25, 0.3) is 5.79 Å². The summed E-state index contributed by atoms with van der Waals surface area (Å²) in [6.45, 7) is 2.95. The van der Waals surface area contributed by atoms with E-state index in [-0.39, 0.29) is 5.57 Å². The molecule has 0 spiro atoms. The molecule has 1 heterocycles. The summed E-state index contributed by atoms with van der Waals surface area (Å²) in [4.78, 5) is 23.5. The lowest BCUT2D eigenvalue weighted by Gasteiger charge is -2.29. The minimum absolute atomic E-state index is 0.240. The van der Waals surface area contributed by atoms with Gasteiger partial charge >= 0.3 is 11.9 Å². The van der Waals surface area contributed by atoms with Crippen molar-refractivity contribution in [1.82, 2.24) is 0 Å². The van der Waals surface area contributed by atoms with Crippen LogP contribution in [0, 0.1) is 11.3 Å². The van der Waals surface area contributed by atoms with E-state index in [2.05, 4.69) is 21.2 Å². The highest BCUT2D eigenvalue weighted by molar-refractivity contribution is 9.10. The molecule has 0 saturated carbocycles. The Hall–Kier alpha value is -2.33. The molecule has 21 heavy (non-hydrogen) atoms. The summed E-state index contributed by atoms with van der Waals surface area (Å²) < 4.78 is 10.6. The van der Waals surface area contributed by atoms with Crippen molar-refractivity contribution in [1.29, 1.82) is 5.26 Å². The minimum atomic E-state index is -1.27. The molecule has 108 valence electrons. The van der Waals surface area contributed by atoms with Crippen molar-refractivity contribution in [2.24, 2.45) is 0 Å². The van der Waals surface area contributed by atoms with E-state index in [0.717, 1.165) is 0 Å². The maximum absolute atomic E-state index is 11.7. The van der Waals surface area contributed by atoms with Crippen molar-refractivity contribution in [3.63, 3.8) is 0 Å². The summed E-state index contributed by atoms with van der Waals surface area (Å²) in [5.41, 5.74) is 0.733. The van der Waals surface area contributed by atoms with Crippen molar-refractivity contribution >= 4 is 33.6 Å². The van der Waals surface area contributed by atoms with Gasteiger partial charge in [-0.05, 0) is 34.1 Å². The fourth-order valence-electron chi connectivity index (χ4n) is 1.63. The lowest BCUT2D eigenvalue weighted by atomic mass is 10.2. The minimum Gasteiger partial charge on any atom is -0.419 e. The zero-order valence-electron chi connectivity index (χ0n) is 11.3. The van der Waals surface area contributed by atoms with Crippen molar-refractivity contribution in [2.45, 2.75) is 19.6 Å². The predicted molar refractivity (Wildman–Crippen MR) is 76.8 cm³/mol. The molecule has 0 aromatic heterocycles. The Labute approximate surface area is 129 Å². The van der Waals surface area contributed by atoms with Gasteiger partial charge in [0.1, 0.15) is 6.07 Å². The average Bonchev–Trinajstić information content (AvgIpc) is 2.38. The van der Waals surface area contributed by atoms with Gasteiger partial charge in [0.05, 0.1) is 5.56 Å². The first-order valence-electron chi connectivity index (χ1n) is 5.95. The van der Waals surface area contributed by atoms with Gasteiger partial charge < -0.3 is 14.8 Å². The number of cyclic esters (lactones) is 2. The highest BCUT2D eigenvalue weighted by atomic mass is 79.9. The number of halogens is 1. The molecule has 1 aliphatic heterocycles. The molecule has 0 bridgehead atoms. The Balaban J connectivity index is 2.20. The summed E-state index contributed by atoms with van der Waals surface area (Å²) in [5.74, 6) is -2.79. The predicted octanol–water partition coefficient (Wildman–Crippen LogP) is 2.45. The number of esters is 2. The number of anilines is 1. The number of carbonyl (C=O) groups excluding carboxylic acids is 2. The van der Waals surface area contributed by atoms with Crippen LogP contribution in [-0.4, -0.2) is 17.7 Å². The summed E-state index contributed by atoms with van der Waals surface area (Å²) in [5, 5.41) is 11.7. The average molecular weight is 351 g/mol. The summed E-state index contributed by atoms with van der Waals surface area (Å²) in [6.07, 6.45) is 1.20. The maximum atomic E-state index is 11.7. The van der Waals surface area contributed by atoms with E-state index in [1.54, 1.807) is 18.2 Å². The Morgan fingerprint density at radius 1 is 1.29 bits per heavy atom. The Morgan fingerprint density at radius 3 is 2.48 bits per heavy atom. The van der Waals surface area contributed by atoms with Gasteiger partial charge in [-0.25, -0.2) is 9.59 Å². The van der Waals surface area contributed by atoms with Crippen LogP contribution in [0.2, 0.25) is 0 Å². The summed E-state index contributed by atoms with van der Waals surface area (Å²) in [7, 11) is 0. The van der Waals surface area contributed by atoms with Gasteiger partial charge in [-0.1, -0.05) is 0 Å². The second-order valence-electron chi connectivity index (χ2n) is 4.69. The highest BCUT2D eigenvalue weighted by Crippen LogP contribution is 2.24. The zero-order chi connectivity index (χ0) is 15.6. The van der Waals surface area contributed by atoms with Gasteiger partial charge in [-0.3, -0.25) is 0 Å². The first-order chi connectivity index (χ1) is 9.82. The number of rotatable bonds is 2. The largest absolute Gasteiger partial charge is 0.419 e. The third kappa shape index (κ3) is 3.41. The molecule has 0 unspecified atom stereocenters. The third-order valence-corrected chi connectivity index (χ3v) is 3.28. The molecule has 1 fully saturated rings. The van der Waals surface area contributed by atoms with Crippen LogP contribution in [0.4, 0.5) is 5.69 Å². The second-order valence-corrected chi connectivity index (χ2v) is 5.54. The number of hydrogen-bond acceptors (Lipinski definition) is 6. The monoisotopic (exact) mass is 350 g/mol. The lowest BCUT2D eigenvalue weighted by molar-refractivity contribution is -0.222. The Bertz CT molecular complexity index is 667. The van der Waals surface area contributed by atoms with Crippen LogP contribution in [-0.2, 0) is 19.1 Å². The van der Waals surface area contributed by atoms with Crippen LogP contribution in [0.5, 0.6) is 0 Å². The molecule has 0 amide bonds. The SMILES string of the molecule is CC1(C)OC(=O)C(=CNc2ccc(Br)c(C#N)c2)C(=O)O1. The first-order valence-corrected chi connectivity index (χ1v) is 6.75. The topological polar surface area (TPSA) is 88.4 Å². The smallest absolute Gasteiger partial charge is 0.350 e. The van der Waals surface area contributed by atoms with E-state index in [1.165, 1.54) is 20.0 Å². The molecule has 0 aliphatic carbocycles. The molecule has 1 aromatic carbocycles. The fourth-order valence-corrected chi connectivity index (χ4v) is 1.97. The number of benzene rings is 1. The molecule has 1 N–H and O–H groups in total. The molecule has 0 radical (unpaired) electrons. The molecule has 0 atom stereocenters. The quantitative estimate of drug-likeness (QED) is 0.500. The molecule has 1 saturated heterocycles. The number of nitrogens with zero attached hydrogens (tertiary/aromatic N) is 1. The standard InChI is InChI=1S/C14H11BrN2O4/c1-14(2)20-12(18)10(13(19)21-14)7-17-9-3-4-11(15)8(5-9)6-16/h3-5,7,17H,1-2H3. The number of carbonyl (C=O) groups is 2. The van der Waals surface area contributed by atoms with Gasteiger partial charge in [0.2, 0.25) is 0 Å². The number of ether oxygens (including phenoxy) is 2. The normalized spacial score (nSPS) is 16.6. The summed E-state index contributed by atoms with van der Waals surface area (Å²) in [6, 6.07) is 6.95. The number of nitriles is 1. The van der Waals surface area contributed by atoms with E-state index in [0.29, 0.717) is 15.7 Å². The van der Waals surface area contributed by atoms with Crippen molar-refractivity contribution in [3.05, 3.63) is 40.0 Å². The van der Waals surface area contributed by atoms with Crippen LogP contribution in [0.15, 0.2) is 34.4 Å². The van der Waals surface area contributed by atoms with Crippen LogP contribution < -0.4 is 5.32 Å². The molecular formula is C14H11BrN2O4. The third-order valence-electron chi connectivity index (χ3n) is 2.59. The van der Waals surface area contributed by atoms with Gasteiger partial charge in [0, 0.05) is 30.2 Å². The number of nitrogens with one attached hydrogen (secondary N) is 1. The van der Waals surface area contributed by atoms with Crippen molar-refractivity contribution in [3.8, 4) is 6.07 Å². The number of hydrogen-bond donors (Lipinski definition) is 1. The van der Waals surface area contributed by atoms with Crippen molar-refractivity contribution in [2.75, 3.05) is 5.32 Å². The van der Waals surface area contributed by atoms with E-state index in [4.69, 9.17) is 14.7 Å². The first kappa shape index (κ1) is 15.1. The van der Waals surface area contributed by atoms with Crippen LogP contribution in [0.3, 0.4) is 0 Å². The van der Waals surface area contributed by atoms with Crippen LogP contribution in [0.25, 0.3) is 0 Å². The molecule has 1 aromatic rings. The second kappa shape index (κ2) is 5.58. The van der Waals surface area contributed by atoms with Crippen molar-refractivity contribution < 1.29 is 19.1 Å². The Morgan fingerprint density at radius 2 is 1.90 bits per heavy atom. The lowest BCUT2D eigenvalue weighted by Crippen LogP contribution is -2.42. The summed E-state index contributed by atoms with van der Waals surface area (Å²) >= 11 is 3.24. The molecule has 7 heteroatoms. The van der Waals surface area contributed by atoms with Gasteiger partial charge in [-0.2, -0.15) is 5.26 Å². The van der Waals surface area contributed by atoms with E-state index >= 15 is 0 Å². The Kier molecular flexibility index (Phi) is 4.00. The van der Waals surface area contributed by atoms with E-state index in [1.807, 2.05) is 6.07 Å². The molecule has 2 rings (SSSR count). The molecular weight excluding hydrogens is 340 g/mol. The van der Waals surface area contributed by atoms with Crippen LogP contribution in [0.1, 0.15) is 19.4 Å². The maximum Gasteiger partial charge on any atom is 0.350 e. The van der Waals surface area contributed by atoms with Crippen LogP contribution >= 0.6 is 15.9 Å². The highest BCUT2D eigenvalue weighted by Gasteiger charge is 2.38. The van der Waals surface area contributed by atoms with Gasteiger partial charge in [0.15, 0.2) is 5.57 Å². The fraction of sp³-hybridized carbons (Fsp3) is 0.214. The van der Waals surface area contributed by atoms with E-state index < -0.39 is 17.7 Å². The molecule has 6 nitrogen and oxygen atoms in total.